The third kappa shape index (κ3) is 4.42. The van der Waals surface area contributed by atoms with Gasteiger partial charge >= 0.3 is 0 Å². The fraction of sp³-hybridized carbons (Fsp3) is 0.647. The number of ether oxygens (including phenoxy) is 3. The van der Waals surface area contributed by atoms with E-state index in [0.29, 0.717) is 43.0 Å². The number of nitrogens with zero attached hydrogens (tertiary/aromatic N) is 1. The molecule has 1 aromatic rings. The van der Waals surface area contributed by atoms with Crippen LogP contribution in [-0.4, -0.2) is 43.4 Å². The van der Waals surface area contributed by atoms with Gasteiger partial charge in [-0.3, -0.25) is 4.79 Å². The van der Waals surface area contributed by atoms with Crippen LogP contribution in [0.15, 0.2) is 12.1 Å². The second-order valence-electron chi connectivity index (χ2n) is 5.87. The number of carbonyl (C=O) groups is 1. The number of pyridine rings is 1. The average Bonchev–Trinajstić information content (AvgIpc) is 3.38. The molecule has 6 heteroatoms. The van der Waals surface area contributed by atoms with E-state index in [0.717, 1.165) is 12.8 Å². The predicted octanol–water partition coefficient (Wildman–Crippen LogP) is 2.56. The van der Waals surface area contributed by atoms with Crippen molar-refractivity contribution in [3.05, 3.63) is 17.8 Å². The number of amides is 1. The summed E-state index contributed by atoms with van der Waals surface area (Å²) in [4.78, 5) is 16.9. The third-order valence-electron chi connectivity index (χ3n) is 4.22. The summed E-state index contributed by atoms with van der Waals surface area (Å²) >= 11 is 0. The van der Waals surface area contributed by atoms with E-state index >= 15 is 0 Å². The number of carbonyl (C=O) groups excluding carboxylic acids is 1. The number of rotatable bonds is 9. The smallest absolute Gasteiger partial charge is 0.256 e. The number of hydrogen-bond acceptors (Lipinski definition) is 5. The zero-order valence-corrected chi connectivity index (χ0v) is 14.3. The van der Waals surface area contributed by atoms with Gasteiger partial charge in [-0.15, -0.1) is 0 Å². The van der Waals surface area contributed by atoms with E-state index in [1.807, 2.05) is 20.8 Å². The zero-order valence-electron chi connectivity index (χ0n) is 14.3. The summed E-state index contributed by atoms with van der Waals surface area (Å²) in [5.74, 6) is 0.691. The molecule has 0 aromatic carbocycles. The van der Waals surface area contributed by atoms with E-state index in [-0.39, 0.29) is 5.91 Å². The molecule has 1 amide bonds. The van der Waals surface area contributed by atoms with Gasteiger partial charge in [-0.05, 0) is 45.6 Å². The van der Waals surface area contributed by atoms with E-state index in [9.17, 15) is 4.79 Å². The summed E-state index contributed by atoms with van der Waals surface area (Å²) in [7, 11) is 1.58. The lowest BCUT2D eigenvalue weighted by atomic mass is 9.99. The van der Waals surface area contributed by atoms with Gasteiger partial charge in [-0.25, -0.2) is 4.98 Å². The summed E-state index contributed by atoms with van der Waals surface area (Å²) in [5.41, 5.74) is 0.608. The first-order valence-electron chi connectivity index (χ1n) is 8.06. The lowest BCUT2D eigenvalue weighted by Crippen LogP contribution is -2.44. The van der Waals surface area contributed by atoms with Crippen molar-refractivity contribution in [1.82, 2.24) is 4.98 Å². The van der Waals surface area contributed by atoms with Crippen molar-refractivity contribution >= 4 is 11.6 Å². The van der Waals surface area contributed by atoms with Crippen molar-refractivity contribution in [2.75, 3.05) is 32.2 Å². The molecule has 0 spiro atoms. The summed E-state index contributed by atoms with van der Waals surface area (Å²) in [6.45, 7) is 7.27. The molecule has 1 aromatic heterocycles. The van der Waals surface area contributed by atoms with Crippen molar-refractivity contribution < 1.29 is 19.0 Å². The fourth-order valence-electron chi connectivity index (χ4n) is 2.43. The molecule has 23 heavy (non-hydrogen) atoms. The molecule has 1 N–H and O–H groups in total. The van der Waals surface area contributed by atoms with Crippen LogP contribution in [0.1, 0.15) is 32.4 Å². The van der Waals surface area contributed by atoms with Gasteiger partial charge < -0.3 is 19.5 Å². The van der Waals surface area contributed by atoms with E-state index in [1.165, 1.54) is 0 Å². The quantitative estimate of drug-likeness (QED) is 0.708. The van der Waals surface area contributed by atoms with Gasteiger partial charge in [0.15, 0.2) is 0 Å². The molecule has 1 atom stereocenters. The average molecular weight is 322 g/mol. The number of aryl methyl sites for hydroxylation is 1. The molecule has 0 aliphatic heterocycles. The van der Waals surface area contributed by atoms with Gasteiger partial charge in [0.05, 0.1) is 18.0 Å². The first-order chi connectivity index (χ1) is 11.0. The van der Waals surface area contributed by atoms with E-state index in [2.05, 4.69) is 10.3 Å². The molecule has 1 heterocycles. The zero-order chi connectivity index (χ0) is 16.9. The lowest BCUT2D eigenvalue weighted by molar-refractivity contribution is -0.138. The summed E-state index contributed by atoms with van der Waals surface area (Å²) in [5, 5.41) is 2.92. The summed E-state index contributed by atoms with van der Waals surface area (Å²) < 4.78 is 16.2. The Morgan fingerprint density at radius 2 is 2.13 bits per heavy atom. The van der Waals surface area contributed by atoms with Gasteiger partial charge in [0, 0.05) is 19.8 Å². The molecule has 0 bridgehead atoms. The topological polar surface area (TPSA) is 69.7 Å². The van der Waals surface area contributed by atoms with Crippen molar-refractivity contribution in [2.45, 2.75) is 39.2 Å². The van der Waals surface area contributed by atoms with Crippen molar-refractivity contribution in [2.24, 2.45) is 5.92 Å². The van der Waals surface area contributed by atoms with Crippen LogP contribution in [0.3, 0.4) is 0 Å². The summed E-state index contributed by atoms with van der Waals surface area (Å²) in [6, 6.07) is 3.55. The van der Waals surface area contributed by atoms with Gasteiger partial charge in [-0.2, -0.15) is 0 Å². The normalized spacial score (nSPS) is 16.7. The van der Waals surface area contributed by atoms with Crippen LogP contribution in [0.25, 0.3) is 0 Å². The lowest BCUT2D eigenvalue weighted by Gasteiger charge is -2.27. The van der Waals surface area contributed by atoms with Crippen LogP contribution in [0, 0.1) is 12.8 Å². The number of nitrogens with one attached hydrogen (secondary N) is 1. The van der Waals surface area contributed by atoms with Crippen LogP contribution < -0.4 is 10.1 Å². The molecule has 1 fully saturated rings. The molecule has 6 nitrogen and oxygen atoms in total. The fourth-order valence-corrected chi connectivity index (χ4v) is 2.43. The molecular weight excluding hydrogens is 296 g/mol. The molecule has 1 aliphatic carbocycles. The van der Waals surface area contributed by atoms with Crippen LogP contribution >= 0.6 is 0 Å². The first-order valence-corrected chi connectivity index (χ1v) is 8.06. The Morgan fingerprint density at radius 1 is 1.39 bits per heavy atom. The number of aromatic nitrogens is 1. The minimum Gasteiger partial charge on any atom is -0.475 e. The largest absolute Gasteiger partial charge is 0.475 e. The Morgan fingerprint density at radius 3 is 2.70 bits per heavy atom. The van der Waals surface area contributed by atoms with Crippen LogP contribution in [-0.2, 0) is 14.3 Å². The van der Waals surface area contributed by atoms with Crippen molar-refractivity contribution in [1.29, 1.82) is 0 Å². The monoisotopic (exact) mass is 322 g/mol. The Balaban J connectivity index is 1.96. The number of methoxy groups -OCH3 is 1. The second-order valence-corrected chi connectivity index (χ2v) is 5.87. The molecule has 128 valence electrons. The highest BCUT2D eigenvalue weighted by Gasteiger charge is 2.47. The Labute approximate surface area is 137 Å². The maximum Gasteiger partial charge on any atom is 0.256 e. The minimum atomic E-state index is -0.779. The van der Waals surface area contributed by atoms with E-state index < -0.39 is 5.60 Å². The Bertz CT molecular complexity index is 545. The van der Waals surface area contributed by atoms with Gasteiger partial charge in [0.2, 0.25) is 5.88 Å². The molecule has 0 saturated heterocycles. The maximum absolute atomic E-state index is 12.5. The van der Waals surface area contributed by atoms with Crippen molar-refractivity contribution in [3.63, 3.8) is 0 Å². The van der Waals surface area contributed by atoms with Crippen molar-refractivity contribution in [3.8, 4) is 5.88 Å². The van der Waals surface area contributed by atoms with Gasteiger partial charge in [-0.1, -0.05) is 0 Å². The number of anilines is 1. The third-order valence-corrected chi connectivity index (χ3v) is 4.22. The minimum absolute atomic E-state index is 0.127. The molecular formula is C17H26N2O4. The Hall–Kier alpha value is -1.66. The molecule has 0 radical (unpaired) electrons. The predicted molar refractivity (Wildman–Crippen MR) is 87.7 cm³/mol. The Kier molecular flexibility index (Phi) is 5.96. The SMILES string of the molecule is CCOCCOc1ccc(NC(=O)C(C)(OC)C2CC2)c(C)n1. The van der Waals surface area contributed by atoms with Crippen LogP contribution in [0.4, 0.5) is 5.69 Å². The maximum atomic E-state index is 12.5. The number of hydrogen-bond donors (Lipinski definition) is 1. The van der Waals surface area contributed by atoms with E-state index in [1.54, 1.807) is 19.2 Å². The van der Waals surface area contributed by atoms with Crippen LogP contribution in [0.2, 0.25) is 0 Å². The highest BCUT2D eigenvalue weighted by atomic mass is 16.5. The highest BCUT2D eigenvalue weighted by Crippen LogP contribution is 2.42. The molecule has 1 unspecified atom stereocenters. The standard InChI is InChI=1S/C17H26N2O4/c1-5-22-10-11-23-15-9-8-14(12(2)18-15)19-16(20)17(3,21-4)13-6-7-13/h8-9,13H,5-7,10-11H2,1-4H3,(H,19,20). The summed E-state index contributed by atoms with van der Waals surface area (Å²) in [6.07, 6.45) is 2.06. The van der Waals surface area contributed by atoms with E-state index in [4.69, 9.17) is 14.2 Å². The van der Waals surface area contributed by atoms with Gasteiger partial charge in [0.25, 0.3) is 5.91 Å². The second kappa shape index (κ2) is 7.75. The molecule has 1 saturated carbocycles. The molecule has 2 rings (SSSR count). The first kappa shape index (κ1) is 17.7. The highest BCUT2D eigenvalue weighted by molar-refractivity contribution is 5.98. The van der Waals surface area contributed by atoms with Crippen LogP contribution in [0.5, 0.6) is 5.88 Å². The molecule has 1 aliphatic rings. The van der Waals surface area contributed by atoms with Gasteiger partial charge in [0.1, 0.15) is 12.2 Å².